The smallest absolute Gasteiger partial charge is 0.224 e. The Morgan fingerprint density at radius 1 is 1.21 bits per heavy atom. The highest BCUT2D eigenvalue weighted by Crippen LogP contribution is 2.15. The number of anilines is 1. The Morgan fingerprint density at radius 2 is 1.95 bits per heavy atom. The molecule has 0 saturated carbocycles. The van der Waals surface area contributed by atoms with Crippen LogP contribution in [0.5, 0.6) is 0 Å². The Hall–Kier alpha value is -2.41. The number of hydrogen-bond donors (Lipinski definition) is 1. The number of rotatable bonds is 4. The highest BCUT2D eigenvalue weighted by Gasteiger charge is 2.01. The Bertz CT molecular complexity index is 582. The molecule has 0 radical (unpaired) electrons. The van der Waals surface area contributed by atoms with Crippen molar-refractivity contribution in [1.29, 1.82) is 5.26 Å². The molecule has 0 aliphatic heterocycles. The van der Waals surface area contributed by atoms with Crippen LogP contribution in [0.3, 0.4) is 0 Å². The Kier molecular flexibility index (Phi) is 4.09. The topological polar surface area (TPSA) is 61.6 Å². The van der Waals surface area contributed by atoms with Crippen molar-refractivity contribution in [1.82, 2.24) is 9.97 Å². The third-order valence-corrected chi connectivity index (χ3v) is 2.87. The van der Waals surface area contributed by atoms with Gasteiger partial charge in [0.25, 0.3) is 0 Å². The van der Waals surface area contributed by atoms with Crippen LogP contribution < -0.4 is 5.32 Å². The first kappa shape index (κ1) is 13.0. The molecule has 2 aromatic rings. The maximum Gasteiger partial charge on any atom is 0.224 e. The fraction of sp³-hybridized carbons (Fsp3) is 0.267. The van der Waals surface area contributed by atoms with Gasteiger partial charge in [-0.2, -0.15) is 5.26 Å². The summed E-state index contributed by atoms with van der Waals surface area (Å²) < 4.78 is 0. The van der Waals surface area contributed by atoms with Gasteiger partial charge in [-0.1, -0.05) is 38.1 Å². The quantitative estimate of drug-likeness (QED) is 0.908. The normalized spacial score (nSPS) is 10.2. The zero-order chi connectivity index (χ0) is 13.7. The van der Waals surface area contributed by atoms with Gasteiger partial charge >= 0.3 is 0 Å². The summed E-state index contributed by atoms with van der Waals surface area (Å²) in [6.45, 7) is 5.00. The molecule has 0 spiro atoms. The van der Waals surface area contributed by atoms with Gasteiger partial charge < -0.3 is 5.32 Å². The van der Waals surface area contributed by atoms with Gasteiger partial charge in [-0.15, -0.1) is 0 Å². The van der Waals surface area contributed by atoms with E-state index in [1.807, 2.05) is 6.07 Å². The molecule has 0 aliphatic carbocycles. The summed E-state index contributed by atoms with van der Waals surface area (Å²) in [7, 11) is 0. The zero-order valence-corrected chi connectivity index (χ0v) is 11.1. The lowest BCUT2D eigenvalue weighted by Crippen LogP contribution is -2.04. The van der Waals surface area contributed by atoms with Crippen LogP contribution >= 0.6 is 0 Å². The molecule has 0 bridgehead atoms. The first-order valence-electron chi connectivity index (χ1n) is 6.25. The summed E-state index contributed by atoms with van der Waals surface area (Å²) in [4.78, 5) is 8.14. The van der Waals surface area contributed by atoms with Crippen LogP contribution in [-0.2, 0) is 6.54 Å². The van der Waals surface area contributed by atoms with Gasteiger partial charge in [-0.3, -0.25) is 0 Å². The van der Waals surface area contributed by atoms with Gasteiger partial charge in [0.1, 0.15) is 11.8 Å². The van der Waals surface area contributed by atoms with E-state index in [1.165, 1.54) is 5.56 Å². The van der Waals surface area contributed by atoms with Crippen molar-refractivity contribution < 1.29 is 0 Å². The largest absolute Gasteiger partial charge is 0.350 e. The number of nitriles is 1. The maximum atomic E-state index is 8.76. The van der Waals surface area contributed by atoms with Crippen molar-refractivity contribution in [3.8, 4) is 6.07 Å². The van der Waals surface area contributed by atoms with E-state index in [0.717, 1.165) is 5.56 Å². The van der Waals surface area contributed by atoms with E-state index < -0.39 is 0 Å². The van der Waals surface area contributed by atoms with Crippen molar-refractivity contribution in [2.24, 2.45) is 0 Å². The lowest BCUT2D eigenvalue weighted by atomic mass is 10.0. The van der Waals surface area contributed by atoms with Crippen LogP contribution in [0, 0.1) is 11.3 Å². The molecule has 1 N–H and O–H groups in total. The fourth-order valence-electron chi connectivity index (χ4n) is 1.71. The van der Waals surface area contributed by atoms with Crippen LogP contribution in [0.1, 0.15) is 36.6 Å². The Balaban J connectivity index is 2.00. The highest BCUT2D eigenvalue weighted by atomic mass is 15.1. The summed E-state index contributed by atoms with van der Waals surface area (Å²) in [5.41, 5.74) is 2.86. The summed E-state index contributed by atoms with van der Waals surface area (Å²) >= 11 is 0. The number of benzene rings is 1. The van der Waals surface area contributed by atoms with E-state index in [9.17, 15) is 0 Å². The maximum absolute atomic E-state index is 8.76. The molecular formula is C15H16N4. The highest BCUT2D eigenvalue weighted by molar-refractivity contribution is 5.32. The van der Waals surface area contributed by atoms with Crippen molar-refractivity contribution in [2.75, 3.05) is 5.32 Å². The second-order valence-electron chi connectivity index (χ2n) is 4.63. The molecule has 19 heavy (non-hydrogen) atoms. The summed E-state index contributed by atoms with van der Waals surface area (Å²) in [6.07, 6.45) is 1.58. The van der Waals surface area contributed by atoms with Gasteiger partial charge in [0.05, 0.1) is 0 Å². The van der Waals surface area contributed by atoms with Crippen molar-refractivity contribution in [3.63, 3.8) is 0 Å². The molecule has 1 heterocycles. The molecule has 1 aromatic heterocycles. The van der Waals surface area contributed by atoms with E-state index in [-0.39, 0.29) is 0 Å². The zero-order valence-electron chi connectivity index (χ0n) is 11.1. The fourth-order valence-corrected chi connectivity index (χ4v) is 1.71. The molecule has 4 nitrogen and oxygen atoms in total. The van der Waals surface area contributed by atoms with E-state index in [4.69, 9.17) is 5.26 Å². The van der Waals surface area contributed by atoms with Crippen molar-refractivity contribution in [3.05, 3.63) is 53.3 Å². The van der Waals surface area contributed by atoms with E-state index >= 15 is 0 Å². The minimum atomic E-state index is 0.368. The molecular weight excluding hydrogens is 236 g/mol. The molecule has 2 rings (SSSR count). The number of nitrogens with zero attached hydrogens (tertiary/aromatic N) is 3. The molecule has 0 aliphatic rings. The van der Waals surface area contributed by atoms with Gasteiger partial charge in [0.2, 0.25) is 5.95 Å². The Labute approximate surface area is 113 Å². The van der Waals surface area contributed by atoms with Crippen LogP contribution in [0.4, 0.5) is 5.95 Å². The summed E-state index contributed by atoms with van der Waals surface area (Å²) in [5, 5.41) is 11.9. The summed E-state index contributed by atoms with van der Waals surface area (Å²) in [5.74, 6) is 1.02. The van der Waals surface area contributed by atoms with Crippen LogP contribution in [0.2, 0.25) is 0 Å². The predicted molar refractivity (Wildman–Crippen MR) is 74.6 cm³/mol. The monoisotopic (exact) mass is 252 g/mol. The number of aromatic nitrogens is 2. The van der Waals surface area contributed by atoms with Crippen LogP contribution in [0.25, 0.3) is 0 Å². The van der Waals surface area contributed by atoms with Gasteiger partial charge in [-0.05, 0) is 23.1 Å². The average molecular weight is 252 g/mol. The first-order valence-corrected chi connectivity index (χ1v) is 6.25. The first-order chi connectivity index (χ1) is 9.19. The second kappa shape index (κ2) is 5.96. The lowest BCUT2D eigenvalue weighted by molar-refractivity contribution is 0.865. The third-order valence-electron chi connectivity index (χ3n) is 2.87. The SMILES string of the molecule is CC(C)c1ccc(CNc2nccc(C#N)n2)cc1. The lowest BCUT2D eigenvalue weighted by Gasteiger charge is -2.08. The Morgan fingerprint density at radius 3 is 2.58 bits per heavy atom. The van der Waals surface area contributed by atoms with E-state index in [0.29, 0.717) is 24.1 Å². The van der Waals surface area contributed by atoms with Gasteiger partial charge in [0, 0.05) is 12.7 Å². The van der Waals surface area contributed by atoms with Gasteiger partial charge in [-0.25, -0.2) is 9.97 Å². The third kappa shape index (κ3) is 3.52. The van der Waals surface area contributed by atoms with Crippen molar-refractivity contribution >= 4 is 5.95 Å². The molecule has 0 saturated heterocycles. The second-order valence-corrected chi connectivity index (χ2v) is 4.63. The molecule has 96 valence electrons. The molecule has 0 amide bonds. The molecule has 0 unspecified atom stereocenters. The molecule has 4 heteroatoms. The predicted octanol–water partition coefficient (Wildman–Crippen LogP) is 3.08. The van der Waals surface area contributed by atoms with Crippen LogP contribution in [-0.4, -0.2) is 9.97 Å². The standard InChI is InChI=1S/C15H16N4/c1-11(2)13-5-3-12(4-6-13)10-18-15-17-8-7-14(9-16)19-15/h3-8,11H,10H2,1-2H3,(H,17,18,19). The molecule has 1 aromatic carbocycles. The average Bonchev–Trinajstić information content (AvgIpc) is 2.46. The summed E-state index contributed by atoms with van der Waals surface area (Å²) in [6, 6.07) is 12.0. The number of hydrogen-bond acceptors (Lipinski definition) is 4. The molecule has 0 fully saturated rings. The minimum Gasteiger partial charge on any atom is -0.350 e. The molecule has 0 atom stereocenters. The number of nitrogens with one attached hydrogen (secondary N) is 1. The van der Waals surface area contributed by atoms with Gasteiger partial charge in [0.15, 0.2) is 0 Å². The minimum absolute atomic E-state index is 0.368. The van der Waals surface area contributed by atoms with Crippen LogP contribution in [0.15, 0.2) is 36.5 Å². The van der Waals surface area contributed by atoms with E-state index in [2.05, 4.69) is 53.4 Å². The van der Waals surface area contributed by atoms with E-state index in [1.54, 1.807) is 12.3 Å². The van der Waals surface area contributed by atoms with Crippen molar-refractivity contribution in [2.45, 2.75) is 26.3 Å².